The summed E-state index contributed by atoms with van der Waals surface area (Å²) < 4.78 is 11.0. The Morgan fingerprint density at radius 3 is 2.88 bits per heavy atom. The Bertz CT molecular complexity index is 931. The van der Waals surface area contributed by atoms with Gasteiger partial charge in [-0.15, -0.1) is 0 Å². The van der Waals surface area contributed by atoms with Crippen molar-refractivity contribution in [2.75, 3.05) is 18.6 Å². The molecule has 2 saturated heterocycles. The lowest BCUT2D eigenvalue weighted by Crippen LogP contribution is -2.39. The van der Waals surface area contributed by atoms with Crippen LogP contribution in [0.15, 0.2) is 54.6 Å². The molecule has 2 aromatic carbocycles. The first-order chi connectivity index (χ1) is 12.1. The standard InChI is InChI=1S/C20H17NO4/c1-24-19(23)16-15-9-10-20(25-15)11-21(18(22)17(16)20)14-8-4-6-12-5-2-3-7-13(12)14/h2-10,15-17H,11H2,1H3. The van der Waals surface area contributed by atoms with E-state index in [-0.39, 0.29) is 18.0 Å². The molecule has 5 nitrogen and oxygen atoms in total. The van der Waals surface area contributed by atoms with E-state index < -0.39 is 17.4 Å². The highest BCUT2D eigenvalue weighted by Gasteiger charge is 2.67. The van der Waals surface area contributed by atoms with Crippen LogP contribution >= 0.6 is 0 Å². The van der Waals surface area contributed by atoms with E-state index in [2.05, 4.69) is 0 Å². The van der Waals surface area contributed by atoms with E-state index in [0.29, 0.717) is 6.54 Å². The zero-order chi connectivity index (χ0) is 17.2. The number of benzene rings is 2. The molecule has 0 aromatic heterocycles. The maximum atomic E-state index is 13.3. The van der Waals surface area contributed by atoms with E-state index >= 15 is 0 Å². The lowest BCUT2D eigenvalue weighted by atomic mass is 9.77. The van der Waals surface area contributed by atoms with Gasteiger partial charge >= 0.3 is 5.97 Å². The van der Waals surface area contributed by atoms with Crippen LogP contribution in [0.25, 0.3) is 10.8 Å². The number of nitrogens with zero attached hydrogens (tertiary/aromatic N) is 1. The number of fused-ring (bicyclic) bond motifs is 2. The van der Waals surface area contributed by atoms with Gasteiger partial charge in [0.2, 0.25) is 5.91 Å². The molecule has 0 aliphatic carbocycles. The molecule has 4 atom stereocenters. The van der Waals surface area contributed by atoms with E-state index in [0.717, 1.165) is 16.5 Å². The summed E-state index contributed by atoms with van der Waals surface area (Å²) in [7, 11) is 1.35. The number of methoxy groups -OCH3 is 1. The number of carbonyl (C=O) groups is 2. The fourth-order valence-electron chi connectivity index (χ4n) is 4.55. The Balaban J connectivity index is 1.61. The highest BCUT2D eigenvalue weighted by Crippen LogP contribution is 2.53. The van der Waals surface area contributed by atoms with Gasteiger partial charge in [-0.05, 0) is 11.5 Å². The average Bonchev–Trinajstić information content (AvgIpc) is 3.29. The van der Waals surface area contributed by atoms with Crippen molar-refractivity contribution in [2.45, 2.75) is 11.7 Å². The Kier molecular flexibility index (Phi) is 2.89. The number of anilines is 1. The average molecular weight is 335 g/mol. The second-order valence-electron chi connectivity index (χ2n) is 6.85. The molecule has 1 amide bonds. The molecule has 2 fully saturated rings. The largest absolute Gasteiger partial charge is 0.469 e. The molecule has 5 rings (SSSR count). The van der Waals surface area contributed by atoms with Crippen molar-refractivity contribution in [1.82, 2.24) is 0 Å². The van der Waals surface area contributed by atoms with Gasteiger partial charge in [-0.2, -0.15) is 0 Å². The van der Waals surface area contributed by atoms with Crippen molar-refractivity contribution in [3.63, 3.8) is 0 Å². The molecule has 25 heavy (non-hydrogen) atoms. The molecule has 2 aromatic rings. The summed E-state index contributed by atoms with van der Waals surface area (Å²) in [4.78, 5) is 27.2. The highest BCUT2D eigenvalue weighted by molar-refractivity contribution is 6.08. The summed E-state index contributed by atoms with van der Waals surface area (Å²) in [6, 6.07) is 13.9. The SMILES string of the molecule is COC(=O)C1C2C=CC3(CN(c4cccc5ccccc45)C(=O)C13)O2. The number of carbonyl (C=O) groups excluding carboxylic acids is 2. The maximum absolute atomic E-state index is 13.3. The Labute approximate surface area is 144 Å². The molecule has 0 radical (unpaired) electrons. The van der Waals surface area contributed by atoms with Crippen LogP contribution in [0.2, 0.25) is 0 Å². The van der Waals surface area contributed by atoms with Crippen molar-refractivity contribution >= 4 is 28.3 Å². The summed E-state index contributed by atoms with van der Waals surface area (Å²) in [5.41, 5.74) is 0.133. The van der Waals surface area contributed by atoms with Gasteiger partial charge in [0.15, 0.2) is 0 Å². The molecular weight excluding hydrogens is 318 g/mol. The highest BCUT2D eigenvalue weighted by atomic mass is 16.5. The fraction of sp³-hybridized carbons (Fsp3) is 0.300. The topological polar surface area (TPSA) is 55.8 Å². The van der Waals surface area contributed by atoms with Gasteiger partial charge in [0.25, 0.3) is 0 Å². The van der Waals surface area contributed by atoms with Crippen molar-refractivity contribution < 1.29 is 19.1 Å². The third kappa shape index (κ3) is 1.81. The third-order valence-corrected chi connectivity index (χ3v) is 5.63. The molecule has 3 aliphatic heterocycles. The minimum Gasteiger partial charge on any atom is -0.469 e. The van der Waals surface area contributed by atoms with Gasteiger partial charge in [-0.25, -0.2) is 0 Å². The first-order valence-electron chi connectivity index (χ1n) is 8.39. The van der Waals surface area contributed by atoms with Crippen LogP contribution in [0.4, 0.5) is 5.69 Å². The van der Waals surface area contributed by atoms with E-state index in [4.69, 9.17) is 9.47 Å². The predicted octanol–water partition coefficient (Wildman–Crippen LogP) is 2.30. The second-order valence-corrected chi connectivity index (χ2v) is 6.85. The van der Waals surface area contributed by atoms with Gasteiger partial charge in [0, 0.05) is 5.39 Å². The Hall–Kier alpha value is -2.66. The quantitative estimate of drug-likeness (QED) is 0.624. The number of esters is 1. The van der Waals surface area contributed by atoms with Gasteiger partial charge in [-0.3, -0.25) is 9.59 Å². The molecule has 3 aliphatic rings. The lowest BCUT2D eigenvalue weighted by Gasteiger charge is -2.22. The second kappa shape index (κ2) is 4.92. The van der Waals surface area contributed by atoms with Gasteiger partial charge in [0.1, 0.15) is 11.5 Å². The minimum absolute atomic E-state index is 0.0707. The number of ether oxygens (including phenoxy) is 2. The molecule has 0 N–H and O–H groups in total. The molecule has 5 heteroatoms. The van der Waals surface area contributed by atoms with Gasteiger partial charge in [-0.1, -0.05) is 48.6 Å². The van der Waals surface area contributed by atoms with Crippen molar-refractivity contribution in [1.29, 1.82) is 0 Å². The zero-order valence-electron chi connectivity index (χ0n) is 13.7. The number of hydrogen-bond acceptors (Lipinski definition) is 4. The smallest absolute Gasteiger partial charge is 0.312 e. The number of rotatable bonds is 2. The van der Waals surface area contributed by atoms with Crippen molar-refractivity contribution in [2.24, 2.45) is 11.8 Å². The van der Waals surface area contributed by atoms with E-state index in [1.807, 2.05) is 54.6 Å². The van der Waals surface area contributed by atoms with Crippen LogP contribution < -0.4 is 4.90 Å². The van der Waals surface area contributed by atoms with Gasteiger partial charge in [0.05, 0.1) is 31.4 Å². The normalized spacial score (nSPS) is 32.4. The monoisotopic (exact) mass is 335 g/mol. The molecule has 0 saturated carbocycles. The van der Waals surface area contributed by atoms with Crippen LogP contribution in [-0.4, -0.2) is 37.2 Å². The molecule has 3 heterocycles. The number of amides is 1. The van der Waals surface area contributed by atoms with E-state index in [9.17, 15) is 9.59 Å². The van der Waals surface area contributed by atoms with Crippen LogP contribution in [0.5, 0.6) is 0 Å². The Morgan fingerprint density at radius 1 is 1.24 bits per heavy atom. The molecular formula is C20H17NO4. The third-order valence-electron chi connectivity index (χ3n) is 5.63. The van der Waals surface area contributed by atoms with E-state index in [1.54, 1.807) is 4.90 Å². The summed E-state index contributed by atoms with van der Waals surface area (Å²) in [6.45, 7) is 0.422. The lowest BCUT2D eigenvalue weighted by molar-refractivity contribution is -0.149. The summed E-state index contributed by atoms with van der Waals surface area (Å²) >= 11 is 0. The first-order valence-corrected chi connectivity index (χ1v) is 8.39. The van der Waals surface area contributed by atoms with Crippen LogP contribution in [-0.2, 0) is 19.1 Å². The van der Waals surface area contributed by atoms with Crippen LogP contribution in [0, 0.1) is 11.8 Å². The fourth-order valence-corrected chi connectivity index (χ4v) is 4.55. The summed E-state index contributed by atoms with van der Waals surface area (Å²) in [6.07, 6.45) is 3.47. The first kappa shape index (κ1) is 14.7. The molecule has 2 bridgehead atoms. The molecule has 126 valence electrons. The zero-order valence-corrected chi connectivity index (χ0v) is 13.7. The summed E-state index contributed by atoms with van der Waals surface area (Å²) in [5.74, 6) is -1.54. The van der Waals surface area contributed by atoms with Crippen LogP contribution in [0.1, 0.15) is 0 Å². The predicted molar refractivity (Wildman–Crippen MR) is 92.0 cm³/mol. The molecule has 4 unspecified atom stereocenters. The van der Waals surface area contributed by atoms with Crippen molar-refractivity contribution in [3.8, 4) is 0 Å². The Morgan fingerprint density at radius 2 is 2.04 bits per heavy atom. The van der Waals surface area contributed by atoms with E-state index in [1.165, 1.54) is 7.11 Å². The number of hydrogen-bond donors (Lipinski definition) is 0. The van der Waals surface area contributed by atoms with Crippen LogP contribution in [0.3, 0.4) is 0 Å². The minimum atomic E-state index is -0.725. The maximum Gasteiger partial charge on any atom is 0.312 e. The van der Waals surface area contributed by atoms with Gasteiger partial charge < -0.3 is 14.4 Å². The molecule has 1 spiro atoms. The summed E-state index contributed by atoms with van der Waals surface area (Å²) in [5, 5.41) is 2.09. The van der Waals surface area contributed by atoms with Crippen molar-refractivity contribution in [3.05, 3.63) is 54.6 Å².